The molecule has 1 saturated heterocycles. The number of aromatic nitrogens is 2. The molecule has 2 heterocycles. The Kier molecular flexibility index (Phi) is 5.77. The number of hydrogen-bond acceptors (Lipinski definition) is 4. The van der Waals surface area contributed by atoms with Crippen LogP contribution >= 0.6 is 0 Å². The highest BCUT2D eigenvalue weighted by Crippen LogP contribution is 2.16. The molecule has 1 N–H and O–H groups in total. The number of rotatable bonds is 6. The van der Waals surface area contributed by atoms with E-state index in [4.69, 9.17) is 0 Å². The summed E-state index contributed by atoms with van der Waals surface area (Å²) in [4.78, 5) is 23.0. The number of anilines is 1. The fourth-order valence-electron chi connectivity index (χ4n) is 2.95. The molecule has 5 nitrogen and oxygen atoms in total. The largest absolute Gasteiger partial charge is 0.355 e. The summed E-state index contributed by atoms with van der Waals surface area (Å²) in [7, 11) is 0. The van der Waals surface area contributed by atoms with Gasteiger partial charge in [-0.3, -0.25) is 4.79 Å². The van der Waals surface area contributed by atoms with Crippen LogP contribution in [-0.4, -0.2) is 35.5 Å². The van der Waals surface area contributed by atoms with Gasteiger partial charge in [-0.2, -0.15) is 0 Å². The maximum atomic E-state index is 12.1. The summed E-state index contributed by atoms with van der Waals surface area (Å²) < 4.78 is 0. The Bertz CT molecular complexity index is 636. The number of benzene rings is 1. The summed E-state index contributed by atoms with van der Waals surface area (Å²) >= 11 is 0. The standard InChI is InChI=1S/C19H24N4O/c24-19(20-11-7-10-16-8-3-1-4-9-16)17-14-22-18(15-21-17)23-12-5-2-6-13-23/h1,3-4,8-9,14-15H,2,5-7,10-13H2,(H,20,24). The number of amides is 1. The van der Waals surface area contributed by atoms with Crippen LogP contribution in [-0.2, 0) is 6.42 Å². The van der Waals surface area contributed by atoms with Crippen LogP contribution in [0.25, 0.3) is 0 Å². The van der Waals surface area contributed by atoms with Gasteiger partial charge in [0.05, 0.1) is 12.4 Å². The molecule has 1 fully saturated rings. The number of hydrogen-bond donors (Lipinski definition) is 1. The van der Waals surface area contributed by atoms with Gasteiger partial charge < -0.3 is 10.2 Å². The molecule has 0 unspecified atom stereocenters. The first-order valence-electron chi connectivity index (χ1n) is 8.72. The minimum atomic E-state index is -0.152. The van der Waals surface area contributed by atoms with Crippen molar-refractivity contribution in [2.45, 2.75) is 32.1 Å². The van der Waals surface area contributed by atoms with E-state index in [0.29, 0.717) is 12.2 Å². The SMILES string of the molecule is O=C(NCCCc1ccccc1)c1cnc(N2CCCCC2)cn1. The van der Waals surface area contributed by atoms with E-state index in [1.54, 1.807) is 12.4 Å². The zero-order chi connectivity index (χ0) is 16.6. The molecule has 2 aromatic rings. The Morgan fingerprint density at radius 3 is 2.54 bits per heavy atom. The van der Waals surface area contributed by atoms with Crippen LogP contribution in [0.15, 0.2) is 42.7 Å². The number of nitrogens with one attached hydrogen (secondary N) is 1. The van der Waals surface area contributed by atoms with Gasteiger partial charge in [0.25, 0.3) is 5.91 Å². The average Bonchev–Trinajstić information content (AvgIpc) is 2.67. The Morgan fingerprint density at radius 1 is 1.04 bits per heavy atom. The van der Waals surface area contributed by atoms with Gasteiger partial charge in [0.15, 0.2) is 0 Å². The second-order valence-electron chi connectivity index (χ2n) is 6.15. The number of carbonyl (C=O) groups excluding carboxylic acids is 1. The van der Waals surface area contributed by atoms with Crippen LogP contribution in [0.2, 0.25) is 0 Å². The Balaban J connectivity index is 1.44. The smallest absolute Gasteiger partial charge is 0.271 e. The third kappa shape index (κ3) is 4.54. The predicted octanol–water partition coefficient (Wildman–Crippen LogP) is 2.83. The molecule has 1 aromatic heterocycles. The first-order chi connectivity index (χ1) is 11.8. The highest BCUT2D eigenvalue weighted by Gasteiger charge is 2.13. The van der Waals surface area contributed by atoms with Gasteiger partial charge in [0, 0.05) is 19.6 Å². The molecule has 1 aliphatic heterocycles. The fraction of sp³-hybridized carbons (Fsp3) is 0.421. The summed E-state index contributed by atoms with van der Waals surface area (Å²) in [6.07, 6.45) is 8.85. The maximum absolute atomic E-state index is 12.1. The van der Waals surface area contributed by atoms with Crippen molar-refractivity contribution >= 4 is 11.7 Å². The maximum Gasteiger partial charge on any atom is 0.271 e. The third-order valence-electron chi connectivity index (χ3n) is 4.32. The molecule has 24 heavy (non-hydrogen) atoms. The van der Waals surface area contributed by atoms with Gasteiger partial charge >= 0.3 is 0 Å². The van der Waals surface area contributed by atoms with Crippen molar-refractivity contribution in [3.05, 3.63) is 54.0 Å². The van der Waals surface area contributed by atoms with Gasteiger partial charge in [-0.1, -0.05) is 30.3 Å². The summed E-state index contributed by atoms with van der Waals surface area (Å²) in [5, 5.41) is 2.91. The minimum absolute atomic E-state index is 0.152. The number of nitrogens with zero attached hydrogens (tertiary/aromatic N) is 3. The van der Waals surface area contributed by atoms with E-state index in [9.17, 15) is 4.79 Å². The molecule has 0 bridgehead atoms. The lowest BCUT2D eigenvalue weighted by molar-refractivity contribution is 0.0948. The topological polar surface area (TPSA) is 58.1 Å². The molecule has 0 radical (unpaired) electrons. The van der Waals surface area contributed by atoms with Crippen molar-refractivity contribution in [1.29, 1.82) is 0 Å². The monoisotopic (exact) mass is 324 g/mol. The van der Waals surface area contributed by atoms with E-state index in [1.807, 2.05) is 18.2 Å². The van der Waals surface area contributed by atoms with Crippen LogP contribution in [0.3, 0.4) is 0 Å². The fourth-order valence-corrected chi connectivity index (χ4v) is 2.95. The zero-order valence-electron chi connectivity index (χ0n) is 13.9. The van der Waals surface area contributed by atoms with E-state index in [2.05, 4.69) is 32.3 Å². The van der Waals surface area contributed by atoms with Gasteiger partial charge in [-0.15, -0.1) is 0 Å². The average molecular weight is 324 g/mol. The highest BCUT2D eigenvalue weighted by molar-refractivity contribution is 5.91. The highest BCUT2D eigenvalue weighted by atomic mass is 16.1. The predicted molar refractivity (Wildman–Crippen MR) is 95.2 cm³/mol. The van der Waals surface area contributed by atoms with Crippen LogP contribution < -0.4 is 10.2 Å². The molecule has 0 saturated carbocycles. The quantitative estimate of drug-likeness (QED) is 0.830. The normalized spacial score (nSPS) is 14.4. The lowest BCUT2D eigenvalue weighted by Crippen LogP contribution is -2.31. The molecule has 0 spiro atoms. The minimum Gasteiger partial charge on any atom is -0.355 e. The number of piperidine rings is 1. The first kappa shape index (κ1) is 16.4. The summed E-state index contributed by atoms with van der Waals surface area (Å²) in [6, 6.07) is 10.3. The van der Waals surface area contributed by atoms with Crippen molar-refractivity contribution in [1.82, 2.24) is 15.3 Å². The van der Waals surface area contributed by atoms with Crippen LogP contribution in [0, 0.1) is 0 Å². The molecule has 1 aliphatic rings. The summed E-state index contributed by atoms with van der Waals surface area (Å²) in [6.45, 7) is 2.70. The summed E-state index contributed by atoms with van der Waals surface area (Å²) in [5.41, 5.74) is 1.67. The zero-order valence-corrected chi connectivity index (χ0v) is 13.9. The van der Waals surface area contributed by atoms with E-state index in [0.717, 1.165) is 31.7 Å². The van der Waals surface area contributed by atoms with E-state index in [-0.39, 0.29) is 5.91 Å². The molecular formula is C19H24N4O. The molecule has 0 atom stereocenters. The molecule has 1 aromatic carbocycles. The number of carbonyl (C=O) groups is 1. The van der Waals surface area contributed by atoms with Crippen LogP contribution in [0.4, 0.5) is 5.82 Å². The Hall–Kier alpha value is -2.43. The lowest BCUT2D eigenvalue weighted by Gasteiger charge is -2.27. The van der Waals surface area contributed by atoms with Gasteiger partial charge in [0.2, 0.25) is 0 Å². The van der Waals surface area contributed by atoms with Crippen molar-refractivity contribution in [3.63, 3.8) is 0 Å². The first-order valence-corrected chi connectivity index (χ1v) is 8.72. The van der Waals surface area contributed by atoms with Crippen molar-refractivity contribution in [2.75, 3.05) is 24.5 Å². The summed E-state index contributed by atoms with van der Waals surface area (Å²) in [5.74, 6) is 0.719. The van der Waals surface area contributed by atoms with Crippen molar-refractivity contribution in [3.8, 4) is 0 Å². The van der Waals surface area contributed by atoms with Gasteiger partial charge in [-0.05, 0) is 37.7 Å². The van der Waals surface area contributed by atoms with E-state index in [1.165, 1.54) is 24.8 Å². The molecule has 126 valence electrons. The van der Waals surface area contributed by atoms with E-state index < -0.39 is 0 Å². The number of aryl methyl sites for hydroxylation is 1. The molecule has 0 aliphatic carbocycles. The van der Waals surface area contributed by atoms with Crippen LogP contribution in [0.5, 0.6) is 0 Å². The second-order valence-corrected chi connectivity index (χ2v) is 6.15. The van der Waals surface area contributed by atoms with Crippen molar-refractivity contribution in [2.24, 2.45) is 0 Å². The second kappa shape index (κ2) is 8.43. The van der Waals surface area contributed by atoms with Crippen molar-refractivity contribution < 1.29 is 4.79 Å². The lowest BCUT2D eigenvalue weighted by atomic mass is 10.1. The van der Waals surface area contributed by atoms with E-state index >= 15 is 0 Å². The Labute approximate surface area is 143 Å². The third-order valence-corrected chi connectivity index (χ3v) is 4.32. The van der Waals surface area contributed by atoms with Crippen LogP contribution in [0.1, 0.15) is 41.7 Å². The molecule has 1 amide bonds. The van der Waals surface area contributed by atoms with Gasteiger partial charge in [-0.25, -0.2) is 9.97 Å². The van der Waals surface area contributed by atoms with Gasteiger partial charge in [0.1, 0.15) is 11.5 Å². The molecule has 5 heteroatoms. The molecular weight excluding hydrogens is 300 g/mol. The Morgan fingerprint density at radius 2 is 1.83 bits per heavy atom. The molecule has 3 rings (SSSR count).